The van der Waals surface area contributed by atoms with Crippen LogP contribution >= 0.6 is 0 Å². The second-order valence-electron chi connectivity index (χ2n) is 4.86. The minimum absolute atomic E-state index is 0.712. The number of hydrogen-bond acceptors (Lipinski definition) is 1. The highest BCUT2D eigenvalue weighted by atomic mass is 14.9. The van der Waals surface area contributed by atoms with Gasteiger partial charge in [-0.15, -0.1) is 6.58 Å². The highest BCUT2D eigenvalue weighted by molar-refractivity contribution is 4.92. The summed E-state index contributed by atoms with van der Waals surface area (Å²) in [5, 5.41) is 3.62. The van der Waals surface area contributed by atoms with Crippen LogP contribution in [0.3, 0.4) is 0 Å². The summed E-state index contributed by atoms with van der Waals surface area (Å²) in [6.45, 7) is 11.8. The van der Waals surface area contributed by atoms with Gasteiger partial charge in [0.1, 0.15) is 0 Å². The minimum atomic E-state index is 0.712. The maximum Gasteiger partial charge on any atom is 0.00982 e. The Labute approximate surface area is 89.0 Å². The lowest BCUT2D eigenvalue weighted by molar-refractivity contribution is 0.330. The average Bonchev–Trinajstić information content (AvgIpc) is 2.93. The van der Waals surface area contributed by atoms with E-state index in [1.165, 1.54) is 31.3 Å². The molecule has 1 heteroatoms. The smallest absolute Gasteiger partial charge is 0.00982 e. The first-order valence-electron chi connectivity index (χ1n) is 6.03. The van der Waals surface area contributed by atoms with E-state index >= 15 is 0 Å². The maximum absolute atomic E-state index is 3.98. The van der Waals surface area contributed by atoms with E-state index in [-0.39, 0.29) is 0 Å². The van der Waals surface area contributed by atoms with Crippen molar-refractivity contribution < 1.29 is 0 Å². The molecule has 1 fully saturated rings. The van der Waals surface area contributed by atoms with Crippen molar-refractivity contribution in [1.29, 1.82) is 0 Å². The van der Waals surface area contributed by atoms with Crippen LogP contribution in [0.5, 0.6) is 0 Å². The zero-order valence-corrected chi connectivity index (χ0v) is 9.97. The van der Waals surface area contributed by atoms with Crippen LogP contribution in [0.15, 0.2) is 12.2 Å². The molecule has 0 aromatic rings. The molecule has 0 bridgehead atoms. The van der Waals surface area contributed by atoms with Crippen LogP contribution in [0.1, 0.15) is 46.5 Å². The van der Waals surface area contributed by atoms with Gasteiger partial charge in [0.2, 0.25) is 0 Å². The molecular weight excluding hydrogens is 170 g/mol. The van der Waals surface area contributed by atoms with Crippen molar-refractivity contribution in [3.05, 3.63) is 12.2 Å². The molecule has 0 aromatic carbocycles. The molecule has 0 saturated heterocycles. The summed E-state index contributed by atoms with van der Waals surface area (Å²) >= 11 is 0. The summed E-state index contributed by atoms with van der Waals surface area (Å²) in [5.41, 5.74) is 1.32. The largest absolute Gasteiger partial charge is 0.314 e. The molecule has 82 valence electrons. The number of rotatable bonds is 7. The molecule has 1 rings (SSSR count). The molecule has 0 aliphatic heterocycles. The molecular formula is C13H25N. The van der Waals surface area contributed by atoms with Crippen molar-refractivity contribution in [2.24, 2.45) is 11.8 Å². The Balaban J connectivity index is 2.32. The summed E-state index contributed by atoms with van der Waals surface area (Å²) in [6, 6.07) is 0.712. The van der Waals surface area contributed by atoms with Crippen molar-refractivity contribution in [2.45, 2.75) is 52.5 Å². The first-order valence-corrected chi connectivity index (χ1v) is 6.03. The van der Waals surface area contributed by atoms with Gasteiger partial charge in [0, 0.05) is 6.04 Å². The lowest BCUT2D eigenvalue weighted by Gasteiger charge is -2.24. The molecule has 0 spiro atoms. The fourth-order valence-electron chi connectivity index (χ4n) is 2.17. The number of nitrogens with one attached hydrogen (secondary N) is 1. The van der Waals surface area contributed by atoms with Gasteiger partial charge in [-0.25, -0.2) is 0 Å². The fourth-order valence-corrected chi connectivity index (χ4v) is 2.17. The summed E-state index contributed by atoms with van der Waals surface area (Å²) < 4.78 is 0. The van der Waals surface area contributed by atoms with Crippen molar-refractivity contribution in [3.63, 3.8) is 0 Å². The van der Waals surface area contributed by atoms with Gasteiger partial charge in [-0.3, -0.25) is 0 Å². The van der Waals surface area contributed by atoms with Crippen LogP contribution in [0.4, 0.5) is 0 Å². The minimum Gasteiger partial charge on any atom is -0.314 e. The first-order chi connectivity index (χ1) is 6.65. The van der Waals surface area contributed by atoms with Gasteiger partial charge in [-0.05, 0) is 51.0 Å². The van der Waals surface area contributed by atoms with E-state index < -0.39 is 0 Å². The summed E-state index contributed by atoms with van der Waals surface area (Å²) in [7, 11) is 0. The molecule has 1 nitrogen and oxygen atoms in total. The second kappa shape index (κ2) is 5.55. The van der Waals surface area contributed by atoms with Crippen molar-refractivity contribution in [2.75, 3.05) is 6.54 Å². The third-order valence-electron chi connectivity index (χ3n) is 3.35. The molecule has 0 amide bonds. The SMILES string of the molecule is C=C(C)CCC(NCC)C(C)C1CC1. The molecule has 2 unspecified atom stereocenters. The van der Waals surface area contributed by atoms with Crippen molar-refractivity contribution >= 4 is 0 Å². The lowest BCUT2D eigenvalue weighted by Crippen LogP contribution is -2.35. The van der Waals surface area contributed by atoms with Gasteiger partial charge >= 0.3 is 0 Å². The molecule has 2 atom stereocenters. The van der Waals surface area contributed by atoms with Crippen LogP contribution in [-0.2, 0) is 0 Å². The van der Waals surface area contributed by atoms with Gasteiger partial charge in [0.15, 0.2) is 0 Å². The van der Waals surface area contributed by atoms with Gasteiger partial charge in [-0.1, -0.05) is 19.4 Å². The van der Waals surface area contributed by atoms with E-state index in [9.17, 15) is 0 Å². The van der Waals surface area contributed by atoms with Crippen LogP contribution in [0, 0.1) is 11.8 Å². The van der Waals surface area contributed by atoms with E-state index in [4.69, 9.17) is 0 Å². The molecule has 0 aromatic heterocycles. The maximum atomic E-state index is 3.98. The van der Waals surface area contributed by atoms with Crippen molar-refractivity contribution in [1.82, 2.24) is 5.32 Å². The van der Waals surface area contributed by atoms with Crippen LogP contribution in [-0.4, -0.2) is 12.6 Å². The number of hydrogen-bond donors (Lipinski definition) is 1. The Morgan fingerprint density at radius 3 is 2.57 bits per heavy atom. The Morgan fingerprint density at radius 2 is 2.14 bits per heavy atom. The summed E-state index contributed by atoms with van der Waals surface area (Å²) in [6.07, 6.45) is 5.35. The quantitative estimate of drug-likeness (QED) is 0.614. The highest BCUT2D eigenvalue weighted by Crippen LogP contribution is 2.39. The lowest BCUT2D eigenvalue weighted by atomic mass is 9.92. The molecule has 1 saturated carbocycles. The summed E-state index contributed by atoms with van der Waals surface area (Å²) in [4.78, 5) is 0. The molecule has 1 N–H and O–H groups in total. The van der Waals surface area contributed by atoms with Gasteiger partial charge in [0.05, 0.1) is 0 Å². The van der Waals surface area contributed by atoms with Gasteiger partial charge < -0.3 is 5.32 Å². The Bertz CT molecular complexity index is 182. The van der Waals surface area contributed by atoms with E-state index in [2.05, 4.69) is 32.7 Å². The van der Waals surface area contributed by atoms with Gasteiger partial charge in [-0.2, -0.15) is 0 Å². The van der Waals surface area contributed by atoms with Crippen LogP contribution in [0.25, 0.3) is 0 Å². The molecule has 14 heavy (non-hydrogen) atoms. The monoisotopic (exact) mass is 195 g/mol. The molecule has 0 radical (unpaired) electrons. The molecule has 1 aliphatic rings. The summed E-state index contributed by atoms with van der Waals surface area (Å²) in [5.74, 6) is 1.86. The molecule has 0 heterocycles. The van der Waals surface area contributed by atoms with E-state index in [0.29, 0.717) is 6.04 Å². The predicted octanol–water partition coefficient (Wildman–Crippen LogP) is 3.37. The fraction of sp³-hybridized carbons (Fsp3) is 0.846. The number of allylic oxidation sites excluding steroid dienone is 1. The standard InChI is InChI=1S/C13H25N/c1-5-14-13(9-6-10(2)3)11(4)12-7-8-12/h11-14H,2,5-9H2,1,3-4H3. The van der Waals surface area contributed by atoms with E-state index in [1.54, 1.807) is 0 Å². The predicted molar refractivity (Wildman–Crippen MR) is 63.4 cm³/mol. The van der Waals surface area contributed by atoms with Crippen LogP contribution < -0.4 is 5.32 Å². The van der Waals surface area contributed by atoms with Crippen molar-refractivity contribution in [3.8, 4) is 0 Å². The third-order valence-corrected chi connectivity index (χ3v) is 3.35. The zero-order valence-electron chi connectivity index (χ0n) is 9.97. The third kappa shape index (κ3) is 3.83. The Kier molecular flexibility index (Phi) is 4.67. The Hall–Kier alpha value is -0.300. The average molecular weight is 195 g/mol. The van der Waals surface area contributed by atoms with E-state index in [1.807, 2.05) is 0 Å². The Morgan fingerprint density at radius 1 is 1.50 bits per heavy atom. The van der Waals surface area contributed by atoms with Gasteiger partial charge in [0.25, 0.3) is 0 Å². The highest BCUT2D eigenvalue weighted by Gasteiger charge is 2.32. The molecule has 1 aliphatic carbocycles. The van der Waals surface area contributed by atoms with Crippen LogP contribution in [0.2, 0.25) is 0 Å². The zero-order chi connectivity index (χ0) is 10.6. The first kappa shape index (κ1) is 11.8. The normalized spacial score (nSPS) is 20.5. The van der Waals surface area contributed by atoms with E-state index in [0.717, 1.165) is 18.4 Å². The topological polar surface area (TPSA) is 12.0 Å². The second-order valence-corrected chi connectivity index (χ2v) is 4.86.